The van der Waals surface area contributed by atoms with Gasteiger partial charge in [-0.15, -0.1) is 0 Å². The van der Waals surface area contributed by atoms with Crippen molar-refractivity contribution >= 4 is 33.6 Å². The Morgan fingerprint density at radius 3 is 2.40 bits per heavy atom. The summed E-state index contributed by atoms with van der Waals surface area (Å²) in [4.78, 5) is 27.8. The highest BCUT2D eigenvalue weighted by molar-refractivity contribution is 9.10. The van der Waals surface area contributed by atoms with Gasteiger partial charge in [-0.05, 0) is 34.5 Å². The van der Waals surface area contributed by atoms with E-state index in [9.17, 15) is 9.59 Å². The van der Waals surface area contributed by atoms with Crippen molar-refractivity contribution in [3.63, 3.8) is 0 Å². The van der Waals surface area contributed by atoms with Gasteiger partial charge in [0.1, 0.15) is 5.82 Å². The van der Waals surface area contributed by atoms with E-state index < -0.39 is 0 Å². The van der Waals surface area contributed by atoms with Gasteiger partial charge < -0.3 is 0 Å². The molecule has 2 heterocycles. The van der Waals surface area contributed by atoms with Crippen molar-refractivity contribution in [3.8, 4) is 0 Å². The fraction of sp³-hybridized carbons (Fsp3) is 0.100. The second kappa shape index (κ2) is 3.58. The van der Waals surface area contributed by atoms with Crippen LogP contribution in [0, 0.1) is 6.92 Å². The summed E-state index contributed by atoms with van der Waals surface area (Å²) in [6.07, 6.45) is 4.05. The van der Waals surface area contributed by atoms with E-state index in [0.29, 0.717) is 5.82 Å². The van der Waals surface area contributed by atoms with Gasteiger partial charge >= 0.3 is 0 Å². The van der Waals surface area contributed by atoms with Gasteiger partial charge in [0.05, 0.1) is 0 Å². The first kappa shape index (κ1) is 10.0. The van der Waals surface area contributed by atoms with E-state index in [2.05, 4.69) is 20.9 Å². The van der Waals surface area contributed by atoms with Crippen LogP contribution >= 0.6 is 15.9 Å². The third-order valence-electron chi connectivity index (χ3n) is 2.07. The van der Waals surface area contributed by atoms with Gasteiger partial charge in [0.2, 0.25) is 0 Å². The van der Waals surface area contributed by atoms with Crippen molar-refractivity contribution in [2.75, 3.05) is 4.90 Å². The maximum Gasteiger partial charge on any atom is 0.259 e. The van der Waals surface area contributed by atoms with Crippen LogP contribution < -0.4 is 4.90 Å². The molecule has 2 amide bonds. The molecule has 1 aromatic rings. The molecule has 1 aromatic heterocycles. The summed E-state index contributed by atoms with van der Waals surface area (Å²) in [6.45, 7) is 1.87. The third kappa shape index (κ3) is 1.70. The number of rotatable bonds is 1. The second-order valence-corrected chi connectivity index (χ2v) is 3.99. The van der Waals surface area contributed by atoms with E-state index in [0.717, 1.165) is 14.9 Å². The number of nitrogens with zero attached hydrogens (tertiary/aromatic N) is 2. The van der Waals surface area contributed by atoms with E-state index in [1.807, 2.05) is 6.92 Å². The van der Waals surface area contributed by atoms with Crippen LogP contribution in [0.5, 0.6) is 0 Å². The third-order valence-corrected chi connectivity index (χ3v) is 2.90. The number of amides is 2. The van der Waals surface area contributed by atoms with Gasteiger partial charge in [-0.3, -0.25) is 9.59 Å². The lowest BCUT2D eigenvalue weighted by Crippen LogP contribution is -2.30. The lowest BCUT2D eigenvalue weighted by Gasteiger charge is -2.13. The smallest absolute Gasteiger partial charge is 0.259 e. The van der Waals surface area contributed by atoms with E-state index in [1.165, 1.54) is 12.2 Å². The average molecular weight is 267 g/mol. The molecule has 4 nitrogen and oxygen atoms in total. The number of imide groups is 1. The monoisotopic (exact) mass is 266 g/mol. The maximum atomic E-state index is 11.3. The number of anilines is 1. The highest BCUT2D eigenvalue weighted by Gasteiger charge is 2.26. The highest BCUT2D eigenvalue weighted by Crippen LogP contribution is 2.22. The lowest BCUT2D eigenvalue weighted by molar-refractivity contribution is -0.120. The molecule has 15 heavy (non-hydrogen) atoms. The first-order chi connectivity index (χ1) is 7.09. The Morgan fingerprint density at radius 1 is 1.27 bits per heavy atom. The minimum Gasteiger partial charge on any atom is -0.269 e. The molecule has 0 atom stereocenters. The summed E-state index contributed by atoms with van der Waals surface area (Å²) in [6, 6.07) is 1.69. The normalized spacial score (nSPS) is 15.2. The lowest BCUT2D eigenvalue weighted by atomic mass is 10.3. The molecule has 0 bridgehead atoms. The molecule has 0 saturated carbocycles. The number of hydrogen-bond acceptors (Lipinski definition) is 3. The minimum atomic E-state index is -0.353. The van der Waals surface area contributed by atoms with Crippen LogP contribution in [0.25, 0.3) is 0 Å². The van der Waals surface area contributed by atoms with Gasteiger partial charge in [0.15, 0.2) is 0 Å². The molecular formula is C10H7BrN2O2. The molecule has 0 spiro atoms. The molecule has 2 rings (SSSR count). The SMILES string of the molecule is Cc1cc(N2C(=O)C=CC2=O)ncc1Br. The quantitative estimate of drug-likeness (QED) is 0.726. The molecule has 0 saturated heterocycles. The van der Waals surface area contributed by atoms with Crippen LogP contribution in [0.2, 0.25) is 0 Å². The summed E-state index contributed by atoms with van der Waals surface area (Å²) < 4.78 is 0.846. The molecule has 0 radical (unpaired) electrons. The van der Waals surface area contributed by atoms with Crippen LogP contribution in [0.15, 0.2) is 28.9 Å². The first-order valence-corrected chi connectivity index (χ1v) is 5.07. The number of carbonyl (C=O) groups is 2. The molecule has 5 heteroatoms. The zero-order valence-corrected chi connectivity index (χ0v) is 9.48. The Morgan fingerprint density at radius 2 is 1.87 bits per heavy atom. The molecule has 76 valence electrons. The van der Waals surface area contributed by atoms with Crippen LogP contribution in [0.3, 0.4) is 0 Å². The summed E-state index contributed by atoms with van der Waals surface area (Å²) in [5.74, 6) is -0.348. The van der Waals surface area contributed by atoms with E-state index in [1.54, 1.807) is 12.3 Å². The summed E-state index contributed by atoms with van der Waals surface area (Å²) in [7, 11) is 0. The van der Waals surface area contributed by atoms with Gasteiger partial charge in [-0.2, -0.15) is 0 Å². The summed E-state index contributed by atoms with van der Waals surface area (Å²) >= 11 is 3.30. The zero-order chi connectivity index (χ0) is 11.0. The Bertz CT molecular complexity index is 464. The molecule has 0 unspecified atom stereocenters. The van der Waals surface area contributed by atoms with Gasteiger partial charge in [-0.1, -0.05) is 0 Å². The zero-order valence-electron chi connectivity index (χ0n) is 7.90. The van der Waals surface area contributed by atoms with E-state index >= 15 is 0 Å². The number of aromatic nitrogens is 1. The van der Waals surface area contributed by atoms with Crippen LogP contribution in [-0.2, 0) is 9.59 Å². The molecule has 0 N–H and O–H groups in total. The molecule has 1 aliphatic rings. The Labute approximate surface area is 94.7 Å². The molecular weight excluding hydrogens is 260 g/mol. The Balaban J connectivity index is 2.42. The average Bonchev–Trinajstić information content (AvgIpc) is 2.52. The predicted molar refractivity (Wildman–Crippen MR) is 58.3 cm³/mol. The van der Waals surface area contributed by atoms with E-state index in [-0.39, 0.29) is 11.8 Å². The number of carbonyl (C=O) groups excluding carboxylic acids is 2. The minimum absolute atomic E-state index is 0.353. The molecule has 0 aromatic carbocycles. The Hall–Kier alpha value is -1.49. The van der Waals surface area contributed by atoms with Crippen molar-refractivity contribution < 1.29 is 9.59 Å². The van der Waals surface area contributed by atoms with Gasteiger partial charge in [0, 0.05) is 22.8 Å². The van der Waals surface area contributed by atoms with Gasteiger partial charge in [-0.25, -0.2) is 9.88 Å². The second-order valence-electron chi connectivity index (χ2n) is 3.14. The predicted octanol–water partition coefficient (Wildman–Crippen LogP) is 1.58. The van der Waals surface area contributed by atoms with E-state index in [4.69, 9.17) is 0 Å². The molecule has 0 aliphatic carbocycles. The standard InChI is InChI=1S/C10H7BrN2O2/c1-6-4-8(12-5-7(6)11)13-9(14)2-3-10(13)15/h2-5H,1H3. The van der Waals surface area contributed by atoms with Crippen molar-refractivity contribution in [3.05, 3.63) is 34.5 Å². The fourth-order valence-corrected chi connectivity index (χ4v) is 1.49. The number of halogens is 1. The van der Waals surface area contributed by atoms with Crippen molar-refractivity contribution in [1.82, 2.24) is 4.98 Å². The van der Waals surface area contributed by atoms with Crippen LogP contribution in [-0.4, -0.2) is 16.8 Å². The molecule has 0 fully saturated rings. The highest BCUT2D eigenvalue weighted by atomic mass is 79.9. The van der Waals surface area contributed by atoms with Crippen molar-refractivity contribution in [2.45, 2.75) is 6.92 Å². The summed E-state index contributed by atoms with van der Waals surface area (Å²) in [5.41, 5.74) is 0.924. The number of hydrogen-bond donors (Lipinski definition) is 0. The van der Waals surface area contributed by atoms with Crippen molar-refractivity contribution in [1.29, 1.82) is 0 Å². The topological polar surface area (TPSA) is 50.3 Å². The number of aryl methyl sites for hydroxylation is 1. The molecule has 1 aliphatic heterocycles. The van der Waals surface area contributed by atoms with Crippen molar-refractivity contribution in [2.24, 2.45) is 0 Å². The summed E-state index contributed by atoms with van der Waals surface area (Å²) in [5, 5.41) is 0. The fourth-order valence-electron chi connectivity index (χ4n) is 1.27. The van der Waals surface area contributed by atoms with Gasteiger partial charge in [0.25, 0.3) is 11.8 Å². The maximum absolute atomic E-state index is 11.3. The van der Waals surface area contributed by atoms with Crippen LogP contribution in [0.1, 0.15) is 5.56 Å². The van der Waals surface area contributed by atoms with Crippen LogP contribution in [0.4, 0.5) is 5.82 Å². The largest absolute Gasteiger partial charge is 0.269 e. The number of pyridine rings is 1. The Kier molecular flexibility index (Phi) is 2.40. The first-order valence-electron chi connectivity index (χ1n) is 4.28.